The highest BCUT2D eigenvalue weighted by atomic mass is 32.1. The first-order valence-corrected chi connectivity index (χ1v) is 11.2. The predicted molar refractivity (Wildman–Crippen MR) is 119 cm³/mol. The summed E-state index contributed by atoms with van der Waals surface area (Å²) in [6, 6.07) is 11.5. The van der Waals surface area contributed by atoms with Crippen LogP contribution in [0.3, 0.4) is 0 Å². The Morgan fingerprint density at radius 2 is 2.00 bits per heavy atom. The number of carbonyl (C=O) groups is 1. The van der Waals surface area contributed by atoms with E-state index >= 15 is 0 Å². The topological polar surface area (TPSA) is 83.7 Å². The molecule has 1 fully saturated rings. The van der Waals surface area contributed by atoms with Crippen LogP contribution in [0.2, 0.25) is 0 Å². The zero-order valence-corrected chi connectivity index (χ0v) is 18.6. The Hall–Kier alpha value is -2.75. The Balaban J connectivity index is 1.24. The molecule has 164 valence electrons. The molecule has 4 rings (SSSR count). The molecule has 8 nitrogen and oxygen atoms in total. The van der Waals surface area contributed by atoms with Gasteiger partial charge in [-0.25, -0.2) is 0 Å². The van der Waals surface area contributed by atoms with Gasteiger partial charge in [0.25, 0.3) is 0 Å². The third-order valence-corrected chi connectivity index (χ3v) is 6.40. The number of aromatic nitrogens is 2. The molecule has 0 aliphatic carbocycles. The average molecular weight is 442 g/mol. The quantitative estimate of drug-likeness (QED) is 0.575. The van der Waals surface area contributed by atoms with E-state index in [1.807, 2.05) is 48.7 Å². The number of piperazine rings is 1. The number of amides is 1. The molecule has 9 heteroatoms. The van der Waals surface area contributed by atoms with Crippen molar-refractivity contribution >= 4 is 17.2 Å². The predicted octanol–water partition coefficient (Wildman–Crippen LogP) is 2.63. The zero-order valence-electron chi connectivity index (χ0n) is 17.8. The number of nitrogens with zero attached hydrogens (tertiary/aromatic N) is 4. The number of benzene rings is 1. The summed E-state index contributed by atoms with van der Waals surface area (Å²) < 4.78 is 10.6. The molecular weight excluding hydrogens is 414 g/mol. The summed E-state index contributed by atoms with van der Waals surface area (Å²) >= 11 is 1.65. The minimum Gasteiger partial charge on any atom is -0.497 e. The fraction of sp³-hybridized carbons (Fsp3) is 0.409. The van der Waals surface area contributed by atoms with Crippen LogP contribution in [0.1, 0.15) is 17.7 Å². The van der Waals surface area contributed by atoms with Crippen LogP contribution in [0.5, 0.6) is 5.75 Å². The SMILES string of the molecule is COc1ccc(-c2noc(CN3CCN(C(C)C(=O)NCc4cccs4)CC3)n2)cc1. The molecule has 1 aliphatic rings. The van der Waals surface area contributed by atoms with Crippen molar-refractivity contribution in [3.8, 4) is 17.1 Å². The van der Waals surface area contributed by atoms with Gasteiger partial charge in [0.2, 0.25) is 17.6 Å². The maximum Gasteiger partial charge on any atom is 0.241 e. The maximum absolute atomic E-state index is 12.5. The second kappa shape index (κ2) is 10.0. The Labute approximate surface area is 185 Å². The average Bonchev–Trinajstić information content (AvgIpc) is 3.50. The molecule has 1 aromatic carbocycles. The fourth-order valence-corrected chi connectivity index (χ4v) is 4.22. The normalized spacial score (nSPS) is 16.2. The molecule has 0 bridgehead atoms. The number of ether oxygens (including phenoxy) is 1. The molecule has 0 saturated carbocycles. The van der Waals surface area contributed by atoms with E-state index in [9.17, 15) is 4.79 Å². The molecule has 1 amide bonds. The van der Waals surface area contributed by atoms with Crippen LogP contribution >= 0.6 is 11.3 Å². The lowest BCUT2D eigenvalue weighted by molar-refractivity contribution is -0.126. The summed E-state index contributed by atoms with van der Waals surface area (Å²) in [5, 5.41) is 9.15. The Kier molecular flexibility index (Phi) is 6.96. The smallest absolute Gasteiger partial charge is 0.241 e. The summed E-state index contributed by atoms with van der Waals surface area (Å²) in [6.07, 6.45) is 0. The van der Waals surface area contributed by atoms with Crippen LogP contribution in [0.15, 0.2) is 46.3 Å². The van der Waals surface area contributed by atoms with Crippen LogP contribution in [-0.2, 0) is 17.9 Å². The standard InChI is InChI=1S/C22H27N5O3S/c1-16(22(28)23-14-19-4-3-13-31-19)27-11-9-26(10-12-27)15-20-24-21(25-30-20)17-5-7-18(29-2)8-6-17/h3-8,13,16H,9-12,14-15H2,1-2H3,(H,23,28). The number of hydrogen-bond acceptors (Lipinski definition) is 8. The van der Waals surface area contributed by atoms with E-state index in [2.05, 4.69) is 25.3 Å². The summed E-state index contributed by atoms with van der Waals surface area (Å²) in [5.41, 5.74) is 0.892. The van der Waals surface area contributed by atoms with Crippen molar-refractivity contribution in [2.24, 2.45) is 0 Å². The largest absolute Gasteiger partial charge is 0.497 e. The summed E-state index contributed by atoms with van der Waals surface area (Å²) in [5.74, 6) is 2.04. The van der Waals surface area contributed by atoms with E-state index < -0.39 is 0 Å². The molecule has 1 unspecified atom stereocenters. The van der Waals surface area contributed by atoms with Crippen molar-refractivity contribution in [3.63, 3.8) is 0 Å². The van der Waals surface area contributed by atoms with Crippen molar-refractivity contribution in [1.29, 1.82) is 0 Å². The lowest BCUT2D eigenvalue weighted by Crippen LogP contribution is -2.53. The second-order valence-corrected chi connectivity index (χ2v) is 8.56. The first kappa shape index (κ1) is 21.5. The van der Waals surface area contributed by atoms with E-state index in [1.165, 1.54) is 4.88 Å². The van der Waals surface area contributed by atoms with Crippen LogP contribution in [0.25, 0.3) is 11.4 Å². The van der Waals surface area contributed by atoms with Gasteiger partial charge in [0.05, 0.1) is 26.2 Å². The molecule has 31 heavy (non-hydrogen) atoms. The minimum absolute atomic E-state index is 0.0721. The van der Waals surface area contributed by atoms with Gasteiger partial charge in [-0.1, -0.05) is 11.2 Å². The highest BCUT2D eigenvalue weighted by Crippen LogP contribution is 2.20. The van der Waals surface area contributed by atoms with E-state index in [-0.39, 0.29) is 11.9 Å². The molecule has 1 saturated heterocycles. The number of nitrogens with one attached hydrogen (secondary N) is 1. The first-order chi connectivity index (χ1) is 15.1. The number of carbonyl (C=O) groups excluding carboxylic acids is 1. The maximum atomic E-state index is 12.5. The van der Waals surface area contributed by atoms with Crippen LogP contribution in [0.4, 0.5) is 0 Å². The lowest BCUT2D eigenvalue weighted by atomic mass is 10.2. The van der Waals surface area contributed by atoms with Crippen molar-refractivity contribution in [1.82, 2.24) is 25.3 Å². The van der Waals surface area contributed by atoms with Gasteiger partial charge in [-0.15, -0.1) is 11.3 Å². The highest BCUT2D eigenvalue weighted by Gasteiger charge is 2.26. The van der Waals surface area contributed by atoms with Crippen molar-refractivity contribution in [2.75, 3.05) is 33.3 Å². The third kappa shape index (κ3) is 5.49. The summed E-state index contributed by atoms with van der Waals surface area (Å²) in [4.78, 5) is 22.7. The van der Waals surface area contributed by atoms with Crippen LogP contribution < -0.4 is 10.1 Å². The molecule has 2 aromatic heterocycles. The summed E-state index contributed by atoms with van der Waals surface area (Å²) in [6.45, 7) is 6.52. The molecule has 0 spiro atoms. The molecule has 0 radical (unpaired) electrons. The Bertz CT molecular complexity index is 965. The van der Waals surface area contributed by atoms with Crippen LogP contribution in [0, 0.1) is 0 Å². The number of hydrogen-bond donors (Lipinski definition) is 1. The fourth-order valence-electron chi connectivity index (χ4n) is 3.58. The van der Waals surface area contributed by atoms with Gasteiger partial charge in [0.1, 0.15) is 5.75 Å². The van der Waals surface area contributed by atoms with Gasteiger partial charge < -0.3 is 14.6 Å². The molecule has 1 atom stereocenters. The van der Waals surface area contributed by atoms with Crippen molar-refractivity contribution in [2.45, 2.75) is 26.1 Å². The third-order valence-electron chi connectivity index (χ3n) is 5.53. The Morgan fingerprint density at radius 1 is 1.23 bits per heavy atom. The molecule has 3 aromatic rings. The Morgan fingerprint density at radius 3 is 2.68 bits per heavy atom. The zero-order chi connectivity index (χ0) is 21.6. The molecular formula is C22H27N5O3S. The van der Waals surface area contributed by atoms with Crippen molar-refractivity contribution < 1.29 is 14.1 Å². The van der Waals surface area contributed by atoms with Gasteiger partial charge in [0.15, 0.2) is 0 Å². The number of methoxy groups -OCH3 is 1. The molecule has 1 N–H and O–H groups in total. The van der Waals surface area contributed by atoms with E-state index in [0.29, 0.717) is 24.8 Å². The monoisotopic (exact) mass is 441 g/mol. The van der Waals surface area contributed by atoms with Gasteiger partial charge in [-0.2, -0.15) is 4.98 Å². The number of rotatable bonds is 8. The van der Waals surface area contributed by atoms with Gasteiger partial charge in [-0.05, 0) is 42.6 Å². The van der Waals surface area contributed by atoms with Crippen LogP contribution in [-0.4, -0.2) is 65.2 Å². The second-order valence-electron chi connectivity index (χ2n) is 7.53. The minimum atomic E-state index is -0.146. The van der Waals surface area contributed by atoms with E-state index in [0.717, 1.165) is 37.5 Å². The van der Waals surface area contributed by atoms with Gasteiger partial charge in [0, 0.05) is 36.6 Å². The number of thiophene rings is 1. The van der Waals surface area contributed by atoms with Crippen molar-refractivity contribution in [3.05, 3.63) is 52.5 Å². The molecule has 3 heterocycles. The lowest BCUT2D eigenvalue weighted by Gasteiger charge is -2.36. The first-order valence-electron chi connectivity index (χ1n) is 10.4. The van der Waals surface area contributed by atoms with E-state index in [1.54, 1.807) is 18.4 Å². The van der Waals surface area contributed by atoms with E-state index in [4.69, 9.17) is 9.26 Å². The highest BCUT2D eigenvalue weighted by molar-refractivity contribution is 7.09. The van der Waals surface area contributed by atoms with Gasteiger partial charge in [-0.3, -0.25) is 14.6 Å². The molecule has 1 aliphatic heterocycles. The van der Waals surface area contributed by atoms with Gasteiger partial charge >= 0.3 is 0 Å². The summed E-state index contributed by atoms with van der Waals surface area (Å²) in [7, 11) is 1.64.